The van der Waals surface area contributed by atoms with E-state index in [-0.39, 0.29) is 21.9 Å². The molecule has 1 amide bonds. The minimum Gasteiger partial charge on any atom is -0.372 e. The van der Waals surface area contributed by atoms with Gasteiger partial charge in [0.15, 0.2) is 0 Å². The zero-order valence-electron chi connectivity index (χ0n) is 16.2. The molecule has 0 aliphatic carbocycles. The van der Waals surface area contributed by atoms with E-state index in [0.717, 1.165) is 35.7 Å². The minimum absolute atomic E-state index is 0.159. The number of amides is 1. The number of hydrogen-bond donors (Lipinski definition) is 2. The van der Waals surface area contributed by atoms with Crippen LogP contribution in [0.4, 0.5) is 10.8 Å². The average Bonchev–Trinajstić information content (AvgIpc) is 3.32. The highest BCUT2D eigenvalue weighted by atomic mass is 32.2. The Bertz CT molecular complexity index is 927. The van der Waals surface area contributed by atoms with E-state index in [1.807, 2.05) is 24.3 Å². The quantitative estimate of drug-likeness (QED) is 0.692. The second-order valence-corrected chi connectivity index (χ2v) is 10.7. The molecule has 2 N–H and O–H groups in total. The molecule has 2 aromatic rings. The highest BCUT2D eigenvalue weighted by Crippen LogP contribution is 2.24. The third-order valence-corrected chi connectivity index (χ3v) is 7.02. The van der Waals surface area contributed by atoms with E-state index in [9.17, 15) is 13.2 Å². The van der Waals surface area contributed by atoms with Gasteiger partial charge in [0.05, 0.1) is 0 Å². The van der Waals surface area contributed by atoms with Crippen molar-refractivity contribution < 1.29 is 13.2 Å². The molecule has 1 aromatic heterocycles. The number of carbonyl (C=O) groups excluding carboxylic acids is 1. The van der Waals surface area contributed by atoms with E-state index in [1.54, 1.807) is 20.8 Å². The molecule has 0 radical (unpaired) electrons. The van der Waals surface area contributed by atoms with Crippen LogP contribution in [-0.4, -0.2) is 37.6 Å². The largest absolute Gasteiger partial charge is 0.372 e. The van der Waals surface area contributed by atoms with Gasteiger partial charge in [-0.3, -0.25) is 4.79 Å². The Labute approximate surface area is 169 Å². The Hall–Kier alpha value is -2.04. The lowest BCUT2D eigenvalue weighted by molar-refractivity contribution is -0.123. The Morgan fingerprint density at radius 3 is 2.39 bits per heavy atom. The predicted molar refractivity (Wildman–Crippen MR) is 110 cm³/mol. The summed E-state index contributed by atoms with van der Waals surface area (Å²) in [5, 5.41) is 10.2. The molecule has 0 saturated carbocycles. The second kappa shape index (κ2) is 8.14. The van der Waals surface area contributed by atoms with Gasteiger partial charge in [0, 0.05) is 30.7 Å². The number of nitrogens with zero attached hydrogens (tertiary/aromatic N) is 3. The van der Waals surface area contributed by atoms with Crippen LogP contribution in [0, 0.1) is 5.41 Å². The highest BCUT2D eigenvalue weighted by Gasteiger charge is 2.25. The van der Waals surface area contributed by atoms with Gasteiger partial charge < -0.3 is 10.2 Å². The molecule has 0 bridgehead atoms. The predicted octanol–water partition coefficient (Wildman–Crippen LogP) is 2.60. The Balaban J connectivity index is 1.60. The van der Waals surface area contributed by atoms with Crippen LogP contribution in [0.3, 0.4) is 0 Å². The molecule has 1 aliphatic rings. The fourth-order valence-electron chi connectivity index (χ4n) is 2.69. The summed E-state index contributed by atoms with van der Waals surface area (Å²) in [6.07, 6.45) is 2.42. The SMILES string of the molecule is CC(C)(C)C(=O)Nc1nnc(S(=O)(=O)NCc2ccc(N3CCCC3)cc2)s1. The summed E-state index contributed by atoms with van der Waals surface area (Å²) in [7, 11) is -3.80. The zero-order chi connectivity index (χ0) is 20.4. The van der Waals surface area contributed by atoms with Crippen molar-refractivity contribution in [1.82, 2.24) is 14.9 Å². The standard InChI is InChI=1S/C18H25N5O3S2/c1-18(2,3)15(24)20-16-21-22-17(27-16)28(25,26)19-12-13-6-8-14(9-7-13)23-10-4-5-11-23/h6-9,19H,4-5,10-12H2,1-3H3,(H,20,21,24). The number of benzene rings is 1. The fraction of sp³-hybridized carbons (Fsp3) is 0.500. The molecule has 3 rings (SSSR count). The van der Waals surface area contributed by atoms with E-state index in [0.29, 0.717) is 0 Å². The molecular weight excluding hydrogens is 398 g/mol. The molecule has 8 nitrogen and oxygen atoms in total. The lowest BCUT2D eigenvalue weighted by Crippen LogP contribution is -2.27. The third-order valence-electron chi connectivity index (χ3n) is 4.41. The van der Waals surface area contributed by atoms with Gasteiger partial charge in [-0.25, -0.2) is 13.1 Å². The zero-order valence-corrected chi connectivity index (χ0v) is 17.9. The maximum absolute atomic E-state index is 12.5. The molecule has 1 fully saturated rings. The number of aromatic nitrogens is 2. The van der Waals surface area contributed by atoms with Gasteiger partial charge in [-0.05, 0) is 30.5 Å². The van der Waals surface area contributed by atoms with E-state index in [2.05, 4.69) is 25.1 Å². The summed E-state index contributed by atoms with van der Waals surface area (Å²) < 4.78 is 27.3. The van der Waals surface area contributed by atoms with Crippen molar-refractivity contribution in [3.8, 4) is 0 Å². The number of rotatable bonds is 6. The summed E-state index contributed by atoms with van der Waals surface area (Å²) in [6.45, 7) is 7.58. The van der Waals surface area contributed by atoms with Crippen molar-refractivity contribution in [2.75, 3.05) is 23.3 Å². The van der Waals surface area contributed by atoms with Crippen LogP contribution in [0.25, 0.3) is 0 Å². The second-order valence-electron chi connectivity index (χ2n) is 7.76. The van der Waals surface area contributed by atoms with Crippen LogP contribution in [0.2, 0.25) is 0 Å². The maximum atomic E-state index is 12.5. The Morgan fingerprint density at radius 1 is 1.14 bits per heavy atom. The maximum Gasteiger partial charge on any atom is 0.270 e. The van der Waals surface area contributed by atoms with Crippen LogP contribution in [0.1, 0.15) is 39.2 Å². The summed E-state index contributed by atoms with van der Waals surface area (Å²) in [5.41, 5.74) is 1.41. The lowest BCUT2D eigenvalue weighted by Gasteiger charge is -2.17. The molecule has 2 heterocycles. The van der Waals surface area contributed by atoms with Gasteiger partial charge >= 0.3 is 0 Å². The number of hydrogen-bond acceptors (Lipinski definition) is 7. The first-order valence-corrected chi connectivity index (χ1v) is 11.4. The van der Waals surface area contributed by atoms with Crippen LogP contribution in [0.5, 0.6) is 0 Å². The molecule has 152 valence electrons. The number of sulfonamides is 1. The molecule has 0 spiro atoms. The van der Waals surface area contributed by atoms with Crippen LogP contribution >= 0.6 is 11.3 Å². The monoisotopic (exact) mass is 423 g/mol. The number of carbonyl (C=O) groups is 1. The molecule has 28 heavy (non-hydrogen) atoms. The number of nitrogens with one attached hydrogen (secondary N) is 2. The normalized spacial score (nSPS) is 15.0. The Morgan fingerprint density at radius 2 is 1.79 bits per heavy atom. The summed E-state index contributed by atoms with van der Waals surface area (Å²) in [6, 6.07) is 7.87. The number of anilines is 2. The van der Waals surface area contributed by atoms with Gasteiger partial charge in [-0.2, -0.15) is 0 Å². The van der Waals surface area contributed by atoms with Crippen molar-refractivity contribution in [3.63, 3.8) is 0 Å². The van der Waals surface area contributed by atoms with Gasteiger partial charge in [0.1, 0.15) is 0 Å². The van der Waals surface area contributed by atoms with E-state index >= 15 is 0 Å². The van der Waals surface area contributed by atoms with Gasteiger partial charge in [-0.15, -0.1) is 10.2 Å². The molecule has 1 aliphatic heterocycles. The van der Waals surface area contributed by atoms with E-state index in [4.69, 9.17) is 0 Å². The summed E-state index contributed by atoms with van der Waals surface area (Å²) in [4.78, 5) is 14.3. The van der Waals surface area contributed by atoms with Crippen molar-refractivity contribution in [3.05, 3.63) is 29.8 Å². The van der Waals surface area contributed by atoms with Crippen LogP contribution in [-0.2, 0) is 21.4 Å². The van der Waals surface area contributed by atoms with Crippen molar-refractivity contribution >= 4 is 38.1 Å². The smallest absolute Gasteiger partial charge is 0.270 e. The van der Waals surface area contributed by atoms with Gasteiger partial charge in [-0.1, -0.05) is 44.2 Å². The minimum atomic E-state index is -3.80. The molecule has 1 saturated heterocycles. The highest BCUT2D eigenvalue weighted by molar-refractivity contribution is 7.91. The molecule has 1 aromatic carbocycles. The molecule has 0 atom stereocenters. The molecule has 10 heteroatoms. The average molecular weight is 424 g/mol. The fourth-order valence-corrected chi connectivity index (χ4v) is 4.65. The van der Waals surface area contributed by atoms with E-state index < -0.39 is 15.4 Å². The van der Waals surface area contributed by atoms with Crippen molar-refractivity contribution in [1.29, 1.82) is 0 Å². The van der Waals surface area contributed by atoms with Crippen molar-refractivity contribution in [2.45, 2.75) is 44.5 Å². The van der Waals surface area contributed by atoms with E-state index in [1.165, 1.54) is 12.8 Å². The third kappa shape index (κ3) is 5.06. The molecular formula is C18H25N5O3S2. The van der Waals surface area contributed by atoms with Gasteiger partial charge in [0.25, 0.3) is 10.0 Å². The Kier molecular flexibility index (Phi) is 6.01. The van der Waals surface area contributed by atoms with Crippen molar-refractivity contribution in [2.24, 2.45) is 5.41 Å². The molecule has 0 unspecified atom stereocenters. The summed E-state index contributed by atoms with van der Waals surface area (Å²) in [5.74, 6) is -0.251. The lowest BCUT2D eigenvalue weighted by atomic mass is 9.96. The first kappa shape index (κ1) is 20.7. The first-order valence-electron chi connectivity index (χ1n) is 9.14. The first-order chi connectivity index (χ1) is 13.1. The summed E-state index contributed by atoms with van der Waals surface area (Å²) >= 11 is 0.827. The van der Waals surface area contributed by atoms with Gasteiger partial charge in [0.2, 0.25) is 15.4 Å². The van der Waals surface area contributed by atoms with Crippen LogP contribution in [0.15, 0.2) is 28.6 Å². The topological polar surface area (TPSA) is 104 Å². The van der Waals surface area contributed by atoms with Crippen LogP contribution < -0.4 is 14.9 Å².